The molecule has 0 bridgehead atoms. The molecule has 6 heteroatoms. The van der Waals surface area contributed by atoms with E-state index in [4.69, 9.17) is 9.40 Å². The number of aromatic nitrogens is 4. The van der Waals surface area contributed by atoms with Gasteiger partial charge in [0.25, 0.3) is 0 Å². The summed E-state index contributed by atoms with van der Waals surface area (Å²) in [4.78, 5) is 4.76. The molecule has 2 heterocycles. The monoisotopic (exact) mass is 316 g/mol. The van der Waals surface area contributed by atoms with Gasteiger partial charge in [0.2, 0.25) is 11.8 Å². The maximum Gasteiger partial charge on any atom is 0.216 e. The van der Waals surface area contributed by atoms with Gasteiger partial charge in [-0.2, -0.15) is 0 Å². The summed E-state index contributed by atoms with van der Waals surface area (Å²) in [6.07, 6.45) is 1.81. The number of fused-ring (bicyclic) bond motifs is 1. The summed E-state index contributed by atoms with van der Waals surface area (Å²) in [5, 5.41) is 8.96. The van der Waals surface area contributed by atoms with Crippen LogP contribution in [0.25, 0.3) is 11.0 Å². The van der Waals surface area contributed by atoms with Crippen molar-refractivity contribution >= 4 is 22.8 Å². The van der Waals surface area contributed by atoms with Gasteiger partial charge in [0.15, 0.2) is 5.16 Å². The summed E-state index contributed by atoms with van der Waals surface area (Å²) < 4.78 is 7.70. The highest BCUT2D eigenvalue weighted by Gasteiger charge is 2.13. The van der Waals surface area contributed by atoms with E-state index in [9.17, 15) is 0 Å². The van der Waals surface area contributed by atoms with Gasteiger partial charge in [0.05, 0.1) is 11.0 Å². The summed E-state index contributed by atoms with van der Waals surface area (Å²) >= 11 is 1.79. The Morgan fingerprint density at radius 1 is 1.23 bits per heavy atom. The van der Waals surface area contributed by atoms with Crippen LogP contribution in [0.3, 0.4) is 0 Å². The van der Waals surface area contributed by atoms with Gasteiger partial charge >= 0.3 is 0 Å². The van der Waals surface area contributed by atoms with E-state index < -0.39 is 0 Å². The number of hydrogen-bond donors (Lipinski definition) is 0. The van der Waals surface area contributed by atoms with Crippen LogP contribution in [0.4, 0.5) is 0 Å². The largest absolute Gasteiger partial charge is 0.426 e. The molecule has 0 amide bonds. The first kappa shape index (κ1) is 15.1. The SMILES string of the molecule is Cc1nnc(CCCSc2nc3ccccc3n2C(C)C)o1. The van der Waals surface area contributed by atoms with Crippen LogP contribution in [0.5, 0.6) is 0 Å². The third-order valence-corrected chi connectivity index (χ3v) is 4.45. The molecule has 0 radical (unpaired) electrons. The molecule has 5 nitrogen and oxygen atoms in total. The van der Waals surface area contributed by atoms with Gasteiger partial charge in [-0.05, 0) is 32.4 Å². The third-order valence-electron chi connectivity index (χ3n) is 3.41. The fraction of sp³-hybridized carbons (Fsp3) is 0.438. The molecule has 0 saturated heterocycles. The number of aryl methyl sites for hydroxylation is 2. The minimum atomic E-state index is 0.397. The van der Waals surface area contributed by atoms with Crippen molar-refractivity contribution in [2.75, 3.05) is 5.75 Å². The van der Waals surface area contributed by atoms with Crippen LogP contribution < -0.4 is 0 Å². The van der Waals surface area contributed by atoms with Crippen LogP contribution in [0, 0.1) is 6.92 Å². The first-order valence-corrected chi connectivity index (χ1v) is 8.52. The van der Waals surface area contributed by atoms with Crippen molar-refractivity contribution in [3.8, 4) is 0 Å². The van der Waals surface area contributed by atoms with E-state index in [1.165, 1.54) is 5.52 Å². The van der Waals surface area contributed by atoms with E-state index in [0.717, 1.165) is 35.2 Å². The fourth-order valence-corrected chi connectivity index (χ4v) is 3.53. The number of benzene rings is 1. The molecular weight excluding hydrogens is 296 g/mol. The van der Waals surface area contributed by atoms with Crippen molar-refractivity contribution in [1.82, 2.24) is 19.7 Å². The smallest absolute Gasteiger partial charge is 0.216 e. The minimum absolute atomic E-state index is 0.397. The van der Waals surface area contributed by atoms with Crippen LogP contribution in [0.2, 0.25) is 0 Å². The van der Waals surface area contributed by atoms with Crippen LogP contribution in [-0.4, -0.2) is 25.5 Å². The number of hydrogen-bond acceptors (Lipinski definition) is 5. The zero-order valence-corrected chi connectivity index (χ0v) is 13.9. The van der Waals surface area contributed by atoms with Crippen LogP contribution >= 0.6 is 11.8 Å². The molecule has 3 aromatic rings. The lowest BCUT2D eigenvalue weighted by atomic mass is 10.3. The number of imidazole rings is 1. The predicted molar refractivity (Wildman–Crippen MR) is 88.2 cm³/mol. The number of nitrogens with zero attached hydrogens (tertiary/aromatic N) is 4. The van der Waals surface area contributed by atoms with Crippen molar-refractivity contribution in [1.29, 1.82) is 0 Å². The average molecular weight is 316 g/mol. The average Bonchev–Trinajstić information content (AvgIpc) is 3.06. The maximum absolute atomic E-state index is 5.39. The second-order valence-corrected chi connectivity index (χ2v) is 6.58. The fourth-order valence-electron chi connectivity index (χ4n) is 2.45. The lowest BCUT2D eigenvalue weighted by Crippen LogP contribution is -2.02. The molecule has 116 valence electrons. The summed E-state index contributed by atoms with van der Waals surface area (Å²) in [6, 6.07) is 8.70. The second kappa shape index (κ2) is 6.52. The van der Waals surface area contributed by atoms with E-state index in [0.29, 0.717) is 11.9 Å². The Bertz CT molecular complexity index is 762. The molecule has 0 aliphatic rings. The Kier molecular flexibility index (Phi) is 4.47. The quantitative estimate of drug-likeness (QED) is 0.507. The first-order chi connectivity index (χ1) is 10.6. The zero-order valence-electron chi connectivity index (χ0n) is 13.1. The van der Waals surface area contributed by atoms with Crippen molar-refractivity contribution in [3.63, 3.8) is 0 Å². The molecule has 0 N–H and O–H groups in total. The predicted octanol–water partition coefficient (Wildman–Crippen LogP) is 4.03. The van der Waals surface area contributed by atoms with Crippen molar-refractivity contribution < 1.29 is 4.42 Å². The molecule has 0 unspecified atom stereocenters. The van der Waals surface area contributed by atoms with E-state index in [1.54, 1.807) is 11.8 Å². The van der Waals surface area contributed by atoms with E-state index in [2.05, 4.69) is 46.8 Å². The molecule has 0 aliphatic carbocycles. The molecule has 0 atom stereocenters. The van der Waals surface area contributed by atoms with Gasteiger partial charge in [-0.25, -0.2) is 4.98 Å². The van der Waals surface area contributed by atoms with E-state index >= 15 is 0 Å². The number of thioether (sulfide) groups is 1. The van der Waals surface area contributed by atoms with Gasteiger partial charge in [0, 0.05) is 25.1 Å². The Hall–Kier alpha value is -1.82. The normalized spacial score (nSPS) is 11.6. The summed E-state index contributed by atoms with van der Waals surface area (Å²) in [5.74, 6) is 2.33. The molecular formula is C16H20N4OS. The molecule has 0 fully saturated rings. The van der Waals surface area contributed by atoms with Crippen LogP contribution in [-0.2, 0) is 6.42 Å². The zero-order chi connectivity index (χ0) is 15.5. The van der Waals surface area contributed by atoms with E-state index in [-0.39, 0.29) is 0 Å². The van der Waals surface area contributed by atoms with Crippen molar-refractivity contribution in [3.05, 3.63) is 36.0 Å². The Labute approximate surface area is 134 Å². The molecule has 0 spiro atoms. The molecule has 1 aromatic carbocycles. The molecule has 0 aliphatic heterocycles. The Balaban J connectivity index is 1.67. The van der Waals surface area contributed by atoms with Gasteiger partial charge in [-0.1, -0.05) is 23.9 Å². The molecule has 22 heavy (non-hydrogen) atoms. The summed E-state index contributed by atoms with van der Waals surface area (Å²) in [6.45, 7) is 6.20. The lowest BCUT2D eigenvalue weighted by Gasteiger charge is -2.12. The number of para-hydroxylation sites is 2. The van der Waals surface area contributed by atoms with Gasteiger partial charge < -0.3 is 8.98 Å². The van der Waals surface area contributed by atoms with Crippen molar-refractivity contribution in [2.45, 2.75) is 44.8 Å². The highest BCUT2D eigenvalue weighted by Crippen LogP contribution is 2.28. The standard InChI is InChI=1S/C16H20N4OS/c1-11(2)20-14-8-5-4-7-13(14)17-16(20)22-10-6-9-15-19-18-12(3)21-15/h4-5,7-8,11H,6,9-10H2,1-3H3. The third kappa shape index (κ3) is 3.16. The first-order valence-electron chi connectivity index (χ1n) is 7.54. The highest BCUT2D eigenvalue weighted by molar-refractivity contribution is 7.99. The number of rotatable bonds is 6. The Morgan fingerprint density at radius 3 is 2.77 bits per heavy atom. The van der Waals surface area contributed by atoms with Crippen molar-refractivity contribution in [2.24, 2.45) is 0 Å². The lowest BCUT2D eigenvalue weighted by molar-refractivity contribution is 0.465. The molecule has 0 saturated carbocycles. The minimum Gasteiger partial charge on any atom is -0.426 e. The van der Waals surface area contributed by atoms with Crippen LogP contribution in [0.1, 0.15) is 38.1 Å². The summed E-state index contributed by atoms with van der Waals surface area (Å²) in [7, 11) is 0. The molecule has 3 rings (SSSR count). The maximum atomic E-state index is 5.39. The highest BCUT2D eigenvalue weighted by atomic mass is 32.2. The summed E-state index contributed by atoms with van der Waals surface area (Å²) in [5.41, 5.74) is 2.26. The van der Waals surface area contributed by atoms with Crippen LogP contribution in [0.15, 0.2) is 33.8 Å². The Morgan fingerprint density at radius 2 is 2.05 bits per heavy atom. The second-order valence-electron chi connectivity index (χ2n) is 5.51. The van der Waals surface area contributed by atoms with Gasteiger partial charge in [-0.3, -0.25) is 0 Å². The topological polar surface area (TPSA) is 56.7 Å². The van der Waals surface area contributed by atoms with Gasteiger partial charge in [0.1, 0.15) is 0 Å². The van der Waals surface area contributed by atoms with Gasteiger partial charge in [-0.15, -0.1) is 10.2 Å². The molecule has 2 aromatic heterocycles. The van der Waals surface area contributed by atoms with E-state index in [1.807, 2.05) is 13.0 Å².